The molecule has 2 heterocycles. The van der Waals surface area contributed by atoms with E-state index in [-0.39, 0.29) is 12.7 Å². The monoisotopic (exact) mass is 483 g/mol. The first-order valence-electron chi connectivity index (χ1n) is 10.8. The van der Waals surface area contributed by atoms with E-state index in [0.29, 0.717) is 13.1 Å². The van der Waals surface area contributed by atoms with Crippen LogP contribution in [0.2, 0.25) is 0 Å². The molecule has 33 heavy (non-hydrogen) atoms. The molecule has 0 bridgehead atoms. The van der Waals surface area contributed by atoms with E-state index in [2.05, 4.69) is 21.8 Å². The molecule has 1 aliphatic heterocycles. The van der Waals surface area contributed by atoms with Gasteiger partial charge in [-0.3, -0.25) is 0 Å². The van der Waals surface area contributed by atoms with Gasteiger partial charge in [0.25, 0.3) is 0 Å². The van der Waals surface area contributed by atoms with Crippen LogP contribution in [0.4, 0.5) is 4.79 Å². The van der Waals surface area contributed by atoms with Gasteiger partial charge in [-0.1, -0.05) is 54.6 Å². The Labute approximate surface area is 202 Å². The molecule has 6 nitrogen and oxygen atoms in total. The molecule has 174 valence electrons. The van der Waals surface area contributed by atoms with Crippen molar-refractivity contribution in [3.8, 4) is 10.4 Å². The number of likely N-dealkylation sites (tertiary alicyclic amines) is 1. The fourth-order valence-corrected chi connectivity index (χ4v) is 5.42. The van der Waals surface area contributed by atoms with Crippen molar-refractivity contribution in [2.45, 2.75) is 44.6 Å². The fraction of sp³-hybridized carbons (Fsp3) is 0.360. The zero-order valence-corrected chi connectivity index (χ0v) is 21.0. The standard InChI is InChI=1S/C25H29N3O3S2/c1-18-22(32-17-26-18)20-10-12-21(13-11-20)25(27-33(30)24(2,3)4)15-28(16-25)23(29)31-14-19-8-6-5-7-9-19/h5-13,17,27H,14-16H2,1-4H3/t33-/m0/s1. The first-order chi connectivity index (χ1) is 15.7. The summed E-state index contributed by atoms with van der Waals surface area (Å²) in [5, 5.41) is 0. The molecule has 1 atom stereocenters. The number of benzene rings is 2. The van der Waals surface area contributed by atoms with Gasteiger partial charge in [-0.15, -0.1) is 16.1 Å². The van der Waals surface area contributed by atoms with E-state index in [1.165, 1.54) is 0 Å². The summed E-state index contributed by atoms with van der Waals surface area (Å²) < 4.78 is 21.4. The van der Waals surface area contributed by atoms with Gasteiger partial charge in [0.1, 0.15) is 16.9 Å². The molecule has 0 unspecified atom stereocenters. The van der Waals surface area contributed by atoms with E-state index in [4.69, 9.17) is 4.74 Å². The van der Waals surface area contributed by atoms with Gasteiger partial charge < -0.3 is 14.2 Å². The van der Waals surface area contributed by atoms with Crippen molar-refractivity contribution in [2.24, 2.45) is 0 Å². The predicted octanol–water partition coefficient (Wildman–Crippen LogP) is 5.02. The summed E-state index contributed by atoms with van der Waals surface area (Å²) in [6.07, 6.45) is -0.366. The molecule has 2 aromatic carbocycles. The Balaban J connectivity index is 1.50. The number of carbonyl (C=O) groups is 1. The molecule has 1 saturated heterocycles. The Morgan fingerprint density at radius 3 is 2.42 bits per heavy atom. The third kappa shape index (κ3) is 5.24. The zero-order valence-electron chi connectivity index (χ0n) is 19.3. The average Bonchev–Trinajstić information content (AvgIpc) is 3.20. The molecular formula is C25H29N3O3S2. The molecule has 1 aromatic heterocycles. The SMILES string of the molecule is Cc1ncsc1-c1ccc(C2(N[S@@+]([O-])C(C)(C)C)CN(C(=O)OCc3ccccc3)C2)cc1. The van der Waals surface area contributed by atoms with Crippen LogP contribution in [-0.4, -0.2) is 38.4 Å². The molecule has 0 spiro atoms. The van der Waals surface area contributed by atoms with Crippen LogP contribution in [0, 0.1) is 6.92 Å². The predicted molar refractivity (Wildman–Crippen MR) is 133 cm³/mol. The van der Waals surface area contributed by atoms with Crippen LogP contribution in [0.25, 0.3) is 10.4 Å². The highest BCUT2D eigenvalue weighted by Crippen LogP contribution is 2.37. The van der Waals surface area contributed by atoms with Crippen molar-refractivity contribution in [3.63, 3.8) is 0 Å². The molecule has 0 saturated carbocycles. The molecule has 1 fully saturated rings. The molecule has 1 aliphatic rings. The summed E-state index contributed by atoms with van der Waals surface area (Å²) in [6, 6.07) is 17.8. The summed E-state index contributed by atoms with van der Waals surface area (Å²) in [5.74, 6) is 0. The van der Waals surface area contributed by atoms with Crippen molar-refractivity contribution in [2.75, 3.05) is 13.1 Å². The molecule has 0 aliphatic carbocycles. The number of thiazole rings is 1. The molecular weight excluding hydrogens is 454 g/mol. The number of amides is 1. The number of nitrogens with one attached hydrogen (secondary N) is 1. The molecule has 0 radical (unpaired) electrons. The van der Waals surface area contributed by atoms with Crippen LogP contribution in [0.1, 0.15) is 37.6 Å². The Bertz CT molecular complexity index is 1090. The van der Waals surface area contributed by atoms with Gasteiger partial charge >= 0.3 is 6.09 Å². The lowest BCUT2D eigenvalue weighted by molar-refractivity contribution is 0.0284. The van der Waals surface area contributed by atoms with Gasteiger partial charge in [0.2, 0.25) is 0 Å². The van der Waals surface area contributed by atoms with Crippen LogP contribution in [0.15, 0.2) is 60.1 Å². The Hall–Kier alpha value is -2.39. The zero-order chi connectivity index (χ0) is 23.6. The van der Waals surface area contributed by atoms with Gasteiger partial charge in [-0.05, 0) is 44.4 Å². The van der Waals surface area contributed by atoms with E-state index < -0.39 is 21.6 Å². The van der Waals surface area contributed by atoms with Gasteiger partial charge in [-0.25, -0.2) is 9.78 Å². The lowest BCUT2D eigenvalue weighted by atomic mass is 9.83. The average molecular weight is 484 g/mol. The quantitative estimate of drug-likeness (QED) is 0.498. The highest BCUT2D eigenvalue weighted by Gasteiger charge is 2.51. The maximum absolute atomic E-state index is 13.0. The van der Waals surface area contributed by atoms with E-state index >= 15 is 0 Å². The highest BCUT2D eigenvalue weighted by atomic mass is 32.2. The van der Waals surface area contributed by atoms with Gasteiger partial charge in [0.05, 0.1) is 29.2 Å². The Kier molecular flexibility index (Phi) is 6.81. The third-order valence-electron chi connectivity index (χ3n) is 5.67. The van der Waals surface area contributed by atoms with Crippen molar-refractivity contribution in [3.05, 3.63) is 76.9 Å². The van der Waals surface area contributed by atoms with Crippen molar-refractivity contribution in [1.29, 1.82) is 0 Å². The first kappa shape index (κ1) is 23.8. The van der Waals surface area contributed by atoms with E-state index in [0.717, 1.165) is 27.3 Å². The van der Waals surface area contributed by atoms with Crippen LogP contribution >= 0.6 is 11.3 Å². The maximum Gasteiger partial charge on any atom is 0.410 e. The first-order valence-corrected chi connectivity index (χ1v) is 12.9. The summed E-state index contributed by atoms with van der Waals surface area (Å²) in [4.78, 5) is 19.8. The molecule has 3 aromatic rings. The minimum absolute atomic E-state index is 0.230. The number of ether oxygens (including phenoxy) is 1. The summed E-state index contributed by atoms with van der Waals surface area (Å²) >= 11 is 0.320. The molecule has 1 N–H and O–H groups in total. The van der Waals surface area contributed by atoms with E-state index in [9.17, 15) is 9.35 Å². The van der Waals surface area contributed by atoms with Crippen LogP contribution in [0.3, 0.4) is 0 Å². The van der Waals surface area contributed by atoms with E-state index in [1.54, 1.807) is 16.2 Å². The number of rotatable bonds is 6. The second kappa shape index (κ2) is 9.46. The van der Waals surface area contributed by atoms with Crippen molar-refractivity contribution < 1.29 is 14.1 Å². The lowest BCUT2D eigenvalue weighted by Gasteiger charge is -2.50. The summed E-state index contributed by atoms with van der Waals surface area (Å²) in [5.41, 5.74) is 5.30. The second-order valence-electron chi connectivity index (χ2n) is 9.31. The normalized spacial score (nSPS) is 16.2. The third-order valence-corrected chi connectivity index (χ3v) is 8.34. The largest absolute Gasteiger partial charge is 0.598 e. The number of hydrogen-bond donors (Lipinski definition) is 1. The van der Waals surface area contributed by atoms with Gasteiger partial charge in [-0.2, -0.15) is 0 Å². The lowest BCUT2D eigenvalue weighted by Crippen LogP contribution is -2.70. The molecule has 4 rings (SSSR count). The number of aromatic nitrogens is 1. The number of carbonyl (C=O) groups excluding carboxylic acids is 1. The minimum Gasteiger partial charge on any atom is -0.598 e. The van der Waals surface area contributed by atoms with Crippen LogP contribution in [0.5, 0.6) is 0 Å². The smallest absolute Gasteiger partial charge is 0.410 e. The molecule has 8 heteroatoms. The Morgan fingerprint density at radius 2 is 1.85 bits per heavy atom. The minimum atomic E-state index is -1.29. The van der Waals surface area contributed by atoms with Crippen molar-refractivity contribution in [1.82, 2.24) is 14.6 Å². The Morgan fingerprint density at radius 1 is 1.18 bits per heavy atom. The maximum atomic E-state index is 13.0. The number of nitrogens with zero attached hydrogens (tertiary/aromatic N) is 2. The summed E-state index contributed by atoms with van der Waals surface area (Å²) in [7, 11) is 0. The van der Waals surface area contributed by atoms with Gasteiger partial charge in [0, 0.05) is 11.4 Å². The highest BCUT2D eigenvalue weighted by molar-refractivity contribution is 7.90. The second-order valence-corrected chi connectivity index (χ2v) is 12.1. The van der Waals surface area contributed by atoms with Crippen LogP contribution < -0.4 is 4.72 Å². The molecule has 1 amide bonds. The topological polar surface area (TPSA) is 77.5 Å². The number of hydrogen-bond acceptors (Lipinski definition) is 6. The van der Waals surface area contributed by atoms with Gasteiger partial charge in [0.15, 0.2) is 0 Å². The summed E-state index contributed by atoms with van der Waals surface area (Å²) in [6.45, 7) is 8.81. The van der Waals surface area contributed by atoms with Crippen molar-refractivity contribution >= 4 is 28.8 Å². The van der Waals surface area contributed by atoms with Crippen LogP contribution in [-0.2, 0) is 28.2 Å². The fourth-order valence-electron chi connectivity index (χ4n) is 3.70. The van der Waals surface area contributed by atoms with E-state index in [1.807, 2.05) is 75.7 Å². The number of aryl methyl sites for hydroxylation is 1.